The van der Waals surface area contributed by atoms with Crippen molar-refractivity contribution < 1.29 is 37.3 Å². The average molecular weight is 504 g/mol. The molecular weight excluding hydrogens is 475 g/mol. The number of halogens is 3. The van der Waals surface area contributed by atoms with Crippen LogP contribution in [0.15, 0.2) is 54.6 Å². The SMILES string of the molecule is CCC(C)(C)C(NC(=O)c1ccc2ccc(C)cc2c1OCc1ccc(OC(F)(F)F)cc1)C(=O)O. The van der Waals surface area contributed by atoms with Gasteiger partial charge in [0.15, 0.2) is 0 Å². The first-order valence-electron chi connectivity index (χ1n) is 11.4. The number of rotatable bonds is 9. The third-order valence-corrected chi connectivity index (χ3v) is 6.13. The quantitative estimate of drug-likeness (QED) is 0.361. The van der Waals surface area contributed by atoms with Gasteiger partial charge < -0.3 is 19.9 Å². The number of carboxylic acid groups (broad SMARTS) is 1. The second kappa shape index (κ2) is 10.5. The molecule has 3 aromatic rings. The van der Waals surface area contributed by atoms with Crippen molar-refractivity contribution in [2.45, 2.75) is 53.1 Å². The lowest BCUT2D eigenvalue weighted by molar-refractivity contribution is -0.274. The largest absolute Gasteiger partial charge is 0.573 e. The van der Waals surface area contributed by atoms with Gasteiger partial charge in [0, 0.05) is 5.39 Å². The number of hydrogen-bond acceptors (Lipinski definition) is 4. The van der Waals surface area contributed by atoms with E-state index in [9.17, 15) is 27.9 Å². The Hall–Kier alpha value is -3.75. The molecule has 1 amide bonds. The predicted octanol–water partition coefficient (Wildman–Crippen LogP) is 6.25. The van der Waals surface area contributed by atoms with E-state index < -0.39 is 29.7 Å². The molecule has 0 heterocycles. The number of amides is 1. The van der Waals surface area contributed by atoms with Gasteiger partial charge in [-0.3, -0.25) is 4.79 Å². The van der Waals surface area contributed by atoms with Crippen molar-refractivity contribution in [3.63, 3.8) is 0 Å². The summed E-state index contributed by atoms with van der Waals surface area (Å²) in [7, 11) is 0. The number of fused-ring (bicyclic) bond motifs is 1. The van der Waals surface area contributed by atoms with Gasteiger partial charge in [-0.05, 0) is 54.0 Å². The molecule has 0 fully saturated rings. The van der Waals surface area contributed by atoms with Crippen LogP contribution in [0.4, 0.5) is 13.2 Å². The summed E-state index contributed by atoms with van der Waals surface area (Å²) in [4.78, 5) is 25.2. The number of benzene rings is 3. The number of carbonyl (C=O) groups excluding carboxylic acids is 1. The number of hydrogen-bond donors (Lipinski definition) is 2. The van der Waals surface area contributed by atoms with Crippen LogP contribution in [0.3, 0.4) is 0 Å². The molecule has 3 aromatic carbocycles. The normalized spacial score (nSPS) is 12.8. The molecule has 0 bridgehead atoms. The molecule has 0 saturated carbocycles. The number of carbonyl (C=O) groups is 2. The Morgan fingerprint density at radius 3 is 2.25 bits per heavy atom. The molecule has 2 N–H and O–H groups in total. The highest BCUT2D eigenvalue weighted by Crippen LogP contribution is 2.33. The van der Waals surface area contributed by atoms with Gasteiger partial charge >= 0.3 is 12.3 Å². The first-order valence-corrected chi connectivity index (χ1v) is 11.4. The van der Waals surface area contributed by atoms with Crippen molar-refractivity contribution in [1.82, 2.24) is 5.32 Å². The molecule has 0 aliphatic heterocycles. The molecule has 0 radical (unpaired) electrons. The van der Waals surface area contributed by atoms with Gasteiger partial charge in [0.1, 0.15) is 24.1 Å². The van der Waals surface area contributed by atoms with Crippen LogP contribution in [0.2, 0.25) is 0 Å². The fourth-order valence-electron chi connectivity index (χ4n) is 3.69. The van der Waals surface area contributed by atoms with E-state index in [1.54, 1.807) is 26.0 Å². The van der Waals surface area contributed by atoms with Crippen LogP contribution in [-0.2, 0) is 11.4 Å². The van der Waals surface area contributed by atoms with Crippen LogP contribution >= 0.6 is 0 Å². The van der Waals surface area contributed by atoms with Crippen LogP contribution in [-0.4, -0.2) is 29.4 Å². The molecule has 0 saturated heterocycles. The minimum Gasteiger partial charge on any atom is -0.487 e. The molecule has 0 aliphatic carbocycles. The Balaban J connectivity index is 1.94. The first kappa shape index (κ1) is 26.8. The number of nitrogens with one attached hydrogen (secondary N) is 1. The van der Waals surface area contributed by atoms with Crippen LogP contribution < -0.4 is 14.8 Å². The van der Waals surface area contributed by atoms with Gasteiger partial charge in [-0.2, -0.15) is 0 Å². The van der Waals surface area contributed by atoms with E-state index in [-0.39, 0.29) is 23.7 Å². The minimum absolute atomic E-state index is 0.0392. The van der Waals surface area contributed by atoms with E-state index in [1.165, 1.54) is 24.3 Å². The zero-order valence-corrected chi connectivity index (χ0v) is 20.4. The molecule has 6 nitrogen and oxygen atoms in total. The number of aryl methyl sites for hydroxylation is 1. The molecule has 192 valence electrons. The Morgan fingerprint density at radius 2 is 1.67 bits per heavy atom. The van der Waals surface area contributed by atoms with Gasteiger partial charge in [0.05, 0.1) is 5.56 Å². The van der Waals surface area contributed by atoms with E-state index in [4.69, 9.17) is 4.74 Å². The number of aliphatic carboxylic acids is 1. The Kier molecular flexibility index (Phi) is 7.81. The topological polar surface area (TPSA) is 84.9 Å². The van der Waals surface area contributed by atoms with E-state index in [1.807, 2.05) is 32.0 Å². The highest BCUT2D eigenvalue weighted by Gasteiger charge is 2.36. The summed E-state index contributed by atoms with van der Waals surface area (Å²) >= 11 is 0. The second-order valence-electron chi connectivity index (χ2n) is 9.23. The molecule has 0 aromatic heterocycles. The van der Waals surface area contributed by atoms with Crippen molar-refractivity contribution in [2.75, 3.05) is 0 Å². The minimum atomic E-state index is -4.79. The molecule has 1 atom stereocenters. The molecule has 0 aliphatic rings. The predicted molar refractivity (Wildman–Crippen MR) is 129 cm³/mol. The summed E-state index contributed by atoms with van der Waals surface area (Å²) in [5, 5.41) is 13.8. The number of ether oxygens (including phenoxy) is 2. The smallest absolute Gasteiger partial charge is 0.487 e. The number of alkyl halides is 3. The van der Waals surface area contributed by atoms with Crippen LogP contribution in [0.5, 0.6) is 11.5 Å². The molecule has 9 heteroatoms. The third kappa shape index (κ3) is 6.47. The summed E-state index contributed by atoms with van der Waals surface area (Å²) in [6.45, 7) is 7.22. The fraction of sp³-hybridized carbons (Fsp3) is 0.333. The average Bonchev–Trinajstić information content (AvgIpc) is 2.80. The van der Waals surface area contributed by atoms with E-state index in [0.29, 0.717) is 17.4 Å². The van der Waals surface area contributed by atoms with Gasteiger partial charge in [0.2, 0.25) is 0 Å². The lowest BCUT2D eigenvalue weighted by Gasteiger charge is -2.31. The van der Waals surface area contributed by atoms with Gasteiger partial charge in [-0.25, -0.2) is 4.79 Å². The zero-order valence-electron chi connectivity index (χ0n) is 20.4. The van der Waals surface area contributed by atoms with E-state index in [2.05, 4.69) is 10.1 Å². The van der Waals surface area contributed by atoms with Crippen LogP contribution in [0.1, 0.15) is 48.7 Å². The molecule has 0 spiro atoms. The molecule has 1 unspecified atom stereocenters. The lowest BCUT2D eigenvalue weighted by Crippen LogP contribution is -2.50. The van der Waals surface area contributed by atoms with Gasteiger partial charge in [0.25, 0.3) is 5.91 Å². The van der Waals surface area contributed by atoms with Crippen molar-refractivity contribution >= 4 is 22.6 Å². The molecule has 3 rings (SSSR count). The Bertz CT molecular complexity index is 1250. The second-order valence-corrected chi connectivity index (χ2v) is 9.23. The maximum atomic E-state index is 13.3. The van der Waals surface area contributed by atoms with Crippen molar-refractivity contribution in [1.29, 1.82) is 0 Å². The summed E-state index contributed by atoms with van der Waals surface area (Å²) in [5.74, 6) is -1.85. The maximum Gasteiger partial charge on any atom is 0.573 e. The zero-order chi connectivity index (χ0) is 26.7. The Morgan fingerprint density at radius 1 is 1.03 bits per heavy atom. The summed E-state index contributed by atoms with van der Waals surface area (Å²) < 4.78 is 47.2. The van der Waals surface area contributed by atoms with Gasteiger partial charge in [-0.15, -0.1) is 13.2 Å². The fourth-order valence-corrected chi connectivity index (χ4v) is 3.69. The van der Waals surface area contributed by atoms with Crippen molar-refractivity contribution in [3.8, 4) is 11.5 Å². The van der Waals surface area contributed by atoms with Crippen LogP contribution in [0, 0.1) is 12.3 Å². The maximum absolute atomic E-state index is 13.3. The highest BCUT2D eigenvalue weighted by atomic mass is 19.4. The van der Waals surface area contributed by atoms with E-state index >= 15 is 0 Å². The lowest BCUT2D eigenvalue weighted by atomic mass is 9.81. The molecular formula is C27H28F3NO5. The van der Waals surface area contributed by atoms with E-state index in [0.717, 1.165) is 10.9 Å². The van der Waals surface area contributed by atoms with Crippen LogP contribution in [0.25, 0.3) is 10.8 Å². The summed E-state index contributed by atoms with van der Waals surface area (Å²) in [5.41, 5.74) is 0.935. The van der Waals surface area contributed by atoms with Crippen molar-refractivity contribution in [3.05, 3.63) is 71.3 Å². The number of carboxylic acids is 1. The monoisotopic (exact) mass is 503 g/mol. The standard InChI is InChI=1S/C27H28F3NO5/c1-5-26(3,4)23(25(33)34)31-24(32)20-13-10-18-9-6-16(2)14-21(18)22(20)35-15-17-7-11-19(12-8-17)36-27(28,29)30/h6-14,23H,5,15H2,1-4H3,(H,31,32)(H,33,34). The highest BCUT2D eigenvalue weighted by molar-refractivity contribution is 6.05. The Labute approximate surface area is 207 Å². The summed E-state index contributed by atoms with van der Waals surface area (Å²) in [6.07, 6.45) is -4.26. The summed E-state index contributed by atoms with van der Waals surface area (Å²) in [6, 6.07) is 13.1. The molecule has 36 heavy (non-hydrogen) atoms. The first-order chi connectivity index (χ1) is 16.8. The van der Waals surface area contributed by atoms with Crippen molar-refractivity contribution in [2.24, 2.45) is 5.41 Å². The third-order valence-electron chi connectivity index (χ3n) is 6.13. The van der Waals surface area contributed by atoms with Gasteiger partial charge in [-0.1, -0.05) is 56.7 Å².